The first-order chi connectivity index (χ1) is 18.7. The van der Waals surface area contributed by atoms with E-state index in [1.807, 2.05) is 6.92 Å². The third kappa shape index (κ3) is 5.30. The number of fused-ring (bicyclic) bond motifs is 2. The quantitative estimate of drug-likeness (QED) is 0.328. The lowest BCUT2D eigenvalue weighted by Crippen LogP contribution is -2.29. The van der Waals surface area contributed by atoms with Crippen molar-refractivity contribution in [2.24, 2.45) is 5.73 Å². The minimum atomic E-state index is -0.812. The van der Waals surface area contributed by atoms with Crippen LogP contribution in [0.3, 0.4) is 0 Å². The number of hydrogen-bond acceptors (Lipinski definition) is 7. The van der Waals surface area contributed by atoms with Crippen LogP contribution in [0.1, 0.15) is 53.6 Å². The first kappa shape index (κ1) is 25.5. The van der Waals surface area contributed by atoms with Crippen LogP contribution in [-0.4, -0.2) is 44.7 Å². The monoisotopic (exact) mass is 530 g/mol. The number of halogens is 1. The second-order valence-electron chi connectivity index (χ2n) is 9.09. The summed E-state index contributed by atoms with van der Waals surface area (Å²) in [5, 5.41) is 9.22. The van der Waals surface area contributed by atoms with E-state index in [1.54, 1.807) is 36.4 Å². The Morgan fingerprint density at radius 3 is 2.67 bits per heavy atom. The molecule has 0 bridgehead atoms. The van der Waals surface area contributed by atoms with Gasteiger partial charge in [0.05, 0.1) is 6.20 Å². The maximum absolute atomic E-state index is 14.4. The van der Waals surface area contributed by atoms with Gasteiger partial charge in [-0.05, 0) is 36.2 Å². The molecule has 0 fully saturated rings. The van der Waals surface area contributed by atoms with Crippen LogP contribution in [0.15, 0.2) is 48.7 Å². The summed E-state index contributed by atoms with van der Waals surface area (Å²) in [6.07, 6.45) is 1.14. The smallest absolute Gasteiger partial charge is 0.270 e. The highest BCUT2D eigenvalue weighted by Gasteiger charge is 2.21. The van der Waals surface area contributed by atoms with Gasteiger partial charge in [-0.15, -0.1) is 0 Å². The lowest BCUT2D eigenvalue weighted by atomic mass is 10.0. The van der Waals surface area contributed by atoms with Crippen LogP contribution in [-0.2, 0) is 24.3 Å². The fourth-order valence-corrected chi connectivity index (χ4v) is 4.27. The fraction of sp³-hybridized carbons (Fsp3) is 0.185. The van der Waals surface area contributed by atoms with Crippen molar-refractivity contribution in [2.45, 2.75) is 26.4 Å². The number of ketones is 1. The van der Waals surface area contributed by atoms with Crippen LogP contribution >= 0.6 is 0 Å². The molecule has 3 amide bonds. The van der Waals surface area contributed by atoms with Crippen molar-refractivity contribution in [3.63, 3.8) is 0 Å². The van der Waals surface area contributed by atoms with E-state index in [1.165, 1.54) is 6.07 Å². The summed E-state index contributed by atoms with van der Waals surface area (Å²) in [4.78, 5) is 53.6. The molecule has 198 valence electrons. The number of Topliss-reactive ketones (excluding diaryl/α,β-unsaturated/α-hetero) is 1. The van der Waals surface area contributed by atoms with Gasteiger partial charge in [0, 0.05) is 36.7 Å². The number of rotatable bonds is 7. The van der Waals surface area contributed by atoms with Gasteiger partial charge in [0.2, 0.25) is 5.91 Å². The summed E-state index contributed by atoms with van der Waals surface area (Å²) in [5.74, 6) is -2.19. The number of aromatic nitrogens is 3. The van der Waals surface area contributed by atoms with Gasteiger partial charge in [0.15, 0.2) is 17.2 Å². The predicted molar refractivity (Wildman–Crippen MR) is 136 cm³/mol. The number of carbonyl (C=O) groups is 4. The molecule has 0 atom stereocenters. The van der Waals surface area contributed by atoms with Crippen molar-refractivity contribution < 1.29 is 28.3 Å². The Hall–Kier alpha value is -5.13. The molecule has 5 rings (SSSR count). The van der Waals surface area contributed by atoms with Crippen LogP contribution in [0.2, 0.25) is 0 Å². The number of hydrogen-bond donors (Lipinski definition) is 3. The standard InChI is InChI=1S/C27H23FN6O5/c1-14-2-4-16(19(6-14)24(29)36)11-31-27(38)22-9-21(33-25-20(28)12-32-34(22)25)26(37)30-10-15-3-5-23-17(7-15)8-18(35)13-39-23/h2-7,9,12H,8,10-11,13H2,1H3,(H2,29,36)(H,30,37)(H,31,38). The van der Waals surface area contributed by atoms with E-state index >= 15 is 0 Å². The zero-order valence-corrected chi connectivity index (χ0v) is 20.8. The molecule has 0 saturated heterocycles. The molecule has 0 radical (unpaired) electrons. The Bertz CT molecular complexity index is 1660. The molecular formula is C27H23FN6O5. The van der Waals surface area contributed by atoms with Gasteiger partial charge >= 0.3 is 0 Å². The summed E-state index contributed by atoms with van der Waals surface area (Å²) in [7, 11) is 0. The molecule has 0 saturated carbocycles. The molecule has 4 N–H and O–H groups in total. The Morgan fingerprint density at radius 1 is 1.08 bits per heavy atom. The minimum Gasteiger partial charge on any atom is -0.486 e. The zero-order valence-electron chi connectivity index (χ0n) is 20.8. The van der Waals surface area contributed by atoms with Crippen LogP contribution in [0.25, 0.3) is 5.65 Å². The number of amides is 3. The zero-order chi connectivity index (χ0) is 27.7. The summed E-state index contributed by atoms with van der Waals surface area (Å²) in [6, 6.07) is 11.5. The van der Waals surface area contributed by atoms with Gasteiger partial charge in [-0.1, -0.05) is 23.8 Å². The molecule has 4 aromatic rings. The Kier molecular flexibility index (Phi) is 6.75. The summed E-state index contributed by atoms with van der Waals surface area (Å²) in [6.45, 7) is 1.90. The molecule has 0 unspecified atom stereocenters. The molecule has 2 aromatic heterocycles. The molecule has 0 aliphatic carbocycles. The second kappa shape index (κ2) is 10.3. The number of carbonyl (C=O) groups excluding carboxylic acids is 4. The second-order valence-corrected chi connectivity index (χ2v) is 9.09. The summed E-state index contributed by atoms with van der Waals surface area (Å²) >= 11 is 0. The number of aryl methyl sites for hydroxylation is 1. The number of primary amides is 1. The molecular weight excluding hydrogens is 507 g/mol. The fourth-order valence-electron chi connectivity index (χ4n) is 4.27. The van der Waals surface area contributed by atoms with Crippen molar-refractivity contribution in [2.75, 3.05) is 6.61 Å². The Morgan fingerprint density at radius 2 is 1.87 bits per heavy atom. The predicted octanol–water partition coefficient (Wildman–Crippen LogP) is 1.64. The molecule has 3 heterocycles. The van der Waals surface area contributed by atoms with E-state index in [0.717, 1.165) is 27.4 Å². The van der Waals surface area contributed by atoms with Gasteiger partial charge in [-0.2, -0.15) is 5.10 Å². The molecule has 1 aliphatic rings. The SMILES string of the molecule is Cc1ccc(CNC(=O)c2cc(C(=O)NCc3ccc4c(c3)CC(=O)CO4)nc3c(F)cnn23)c(C(N)=O)c1. The van der Waals surface area contributed by atoms with Gasteiger partial charge in [0.25, 0.3) is 11.8 Å². The molecule has 11 nitrogen and oxygen atoms in total. The lowest BCUT2D eigenvalue weighted by Gasteiger charge is -2.17. The highest BCUT2D eigenvalue weighted by atomic mass is 19.1. The first-order valence-electron chi connectivity index (χ1n) is 12.0. The highest BCUT2D eigenvalue weighted by molar-refractivity contribution is 5.98. The van der Waals surface area contributed by atoms with Crippen LogP contribution < -0.4 is 21.1 Å². The van der Waals surface area contributed by atoms with Gasteiger partial charge in [-0.25, -0.2) is 13.9 Å². The van der Waals surface area contributed by atoms with E-state index in [4.69, 9.17) is 10.5 Å². The topological polar surface area (TPSA) is 158 Å². The van der Waals surface area contributed by atoms with E-state index in [2.05, 4.69) is 20.7 Å². The van der Waals surface area contributed by atoms with Gasteiger partial charge < -0.3 is 21.1 Å². The number of nitrogens with one attached hydrogen (secondary N) is 2. The molecule has 2 aromatic carbocycles. The van der Waals surface area contributed by atoms with Crippen molar-refractivity contribution in [1.29, 1.82) is 0 Å². The molecule has 12 heteroatoms. The largest absolute Gasteiger partial charge is 0.486 e. The molecule has 39 heavy (non-hydrogen) atoms. The normalized spacial score (nSPS) is 12.5. The summed E-state index contributed by atoms with van der Waals surface area (Å²) in [5.41, 5.74) is 7.86. The van der Waals surface area contributed by atoms with E-state index in [0.29, 0.717) is 11.3 Å². The third-order valence-corrected chi connectivity index (χ3v) is 6.22. The van der Waals surface area contributed by atoms with Crippen LogP contribution in [0, 0.1) is 12.7 Å². The number of nitrogens with zero attached hydrogens (tertiary/aromatic N) is 3. The lowest BCUT2D eigenvalue weighted by molar-refractivity contribution is -0.121. The third-order valence-electron chi connectivity index (χ3n) is 6.22. The number of benzene rings is 2. The molecule has 1 aliphatic heterocycles. The van der Waals surface area contributed by atoms with Crippen molar-refractivity contribution in [1.82, 2.24) is 25.2 Å². The maximum atomic E-state index is 14.4. The van der Waals surface area contributed by atoms with E-state index in [-0.39, 0.29) is 54.5 Å². The van der Waals surface area contributed by atoms with Crippen LogP contribution in [0.5, 0.6) is 5.75 Å². The van der Waals surface area contributed by atoms with Crippen molar-refractivity contribution in [3.05, 3.63) is 93.7 Å². The van der Waals surface area contributed by atoms with Crippen molar-refractivity contribution in [3.8, 4) is 5.75 Å². The van der Waals surface area contributed by atoms with Crippen molar-refractivity contribution >= 4 is 29.2 Å². The number of nitrogens with two attached hydrogens (primary N) is 1. The average molecular weight is 531 g/mol. The van der Waals surface area contributed by atoms with E-state index < -0.39 is 23.5 Å². The average Bonchev–Trinajstić information content (AvgIpc) is 3.30. The highest BCUT2D eigenvalue weighted by Crippen LogP contribution is 2.24. The van der Waals surface area contributed by atoms with E-state index in [9.17, 15) is 23.6 Å². The maximum Gasteiger partial charge on any atom is 0.270 e. The first-order valence-corrected chi connectivity index (χ1v) is 12.0. The molecule has 0 spiro atoms. The summed E-state index contributed by atoms with van der Waals surface area (Å²) < 4.78 is 20.8. The van der Waals surface area contributed by atoms with Gasteiger partial charge in [-0.3, -0.25) is 19.2 Å². The van der Waals surface area contributed by atoms with Gasteiger partial charge in [0.1, 0.15) is 23.7 Å². The number of ether oxygens (including phenoxy) is 1. The Balaban J connectivity index is 1.35. The van der Waals surface area contributed by atoms with Crippen LogP contribution in [0.4, 0.5) is 4.39 Å². The minimum absolute atomic E-state index is 0.0373. The Labute approximate surface area is 221 Å².